The zero-order chi connectivity index (χ0) is 19.8. The maximum atomic E-state index is 14.6. The van der Waals surface area contributed by atoms with E-state index in [9.17, 15) is 14.4 Å². The van der Waals surface area contributed by atoms with Gasteiger partial charge in [-0.25, -0.2) is 4.39 Å². The van der Waals surface area contributed by atoms with Crippen LogP contribution in [0.15, 0.2) is 69.4 Å². The topological polar surface area (TPSA) is 94.2 Å². The number of fused-ring (bicyclic) bond motifs is 1. The second-order valence-electron chi connectivity index (χ2n) is 6.48. The van der Waals surface area contributed by atoms with E-state index in [1.807, 2.05) is 6.07 Å². The number of nitrogens with zero attached hydrogens (tertiary/aromatic N) is 2. The summed E-state index contributed by atoms with van der Waals surface area (Å²) < 4.78 is 27.0. The van der Waals surface area contributed by atoms with Crippen LogP contribution in [0.4, 0.5) is 4.39 Å². The van der Waals surface area contributed by atoms with Crippen molar-refractivity contribution in [3.05, 3.63) is 98.9 Å². The number of hydrogen-bond acceptors (Lipinski definition) is 5. The molecule has 3 aromatic rings. The van der Waals surface area contributed by atoms with E-state index in [2.05, 4.69) is 0 Å². The van der Waals surface area contributed by atoms with Crippen molar-refractivity contribution < 1.29 is 13.5 Å². The molecule has 0 saturated carbocycles. The fourth-order valence-corrected chi connectivity index (χ4v) is 3.46. The Bertz CT molecular complexity index is 1190. The number of rotatable bonds is 3. The molecule has 0 radical (unpaired) electrons. The molecule has 1 aromatic carbocycles. The second-order valence-corrected chi connectivity index (χ2v) is 6.48. The molecule has 0 amide bonds. The van der Waals surface area contributed by atoms with Crippen LogP contribution in [0, 0.1) is 24.1 Å². The Morgan fingerprint density at radius 3 is 2.75 bits per heavy atom. The van der Waals surface area contributed by atoms with Gasteiger partial charge >= 0.3 is 0 Å². The molecule has 1 aliphatic heterocycles. The van der Waals surface area contributed by atoms with E-state index in [0.29, 0.717) is 11.5 Å². The number of allylic oxidation sites excluding steroid dienone is 1. The summed E-state index contributed by atoms with van der Waals surface area (Å²) in [7, 11) is 0. The first-order valence-corrected chi connectivity index (χ1v) is 8.60. The molecule has 2 aromatic heterocycles. The van der Waals surface area contributed by atoms with Crippen LogP contribution in [-0.4, -0.2) is 4.57 Å². The number of nitriles is 1. The number of halogens is 1. The average Bonchev–Trinajstić information content (AvgIpc) is 3.18. The molecule has 0 spiro atoms. The van der Waals surface area contributed by atoms with Crippen molar-refractivity contribution in [1.29, 1.82) is 5.26 Å². The van der Waals surface area contributed by atoms with Crippen molar-refractivity contribution in [2.45, 2.75) is 19.4 Å². The molecular formula is C21H16FN3O3. The minimum atomic E-state index is -0.953. The Morgan fingerprint density at radius 2 is 2.07 bits per heavy atom. The van der Waals surface area contributed by atoms with E-state index >= 15 is 0 Å². The van der Waals surface area contributed by atoms with Gasteiger partial charge in [-0.3, -0.25) is 4.79 Å². The molecule has 1 aliphatic rings. The fourth-order valence-electron chi connectivity index (χ4n) is 3.46. The van der Waals surface area contributed by atoms with E-state index in [0.717, 1.165) is 0 Å². The van der Waals surface area contributed by atoms with Crippen molar-refractivity contribution in [3.63, 3.8) is 0 Å². The SMILES string of the molecule is Cc1cc2c(c(=O)n1Cc1ccco1)[C@H](c1ccccc1F)C(C#N)=C(N)O2. The van der Waals surface area contributed by atoms with Crippen molar-refractivity contribution in [2.24, 2.45) is 5.73 Å². The smallest absolute Gasteiger partial charge is 0.259 e. The summed E-state index contributed by atoms with van der Waals surface area (Å²) in [6, 6.07) is 13.1. The van der Waals surface area contributed by atoms with Gasteiger partial charge in [0.25, 0.3) is 5.56 Å². The third-order valence-corrected chi connectivity index (χ3v) is 4.80. The quantitative estimate of drug-likeness (QED) is 0.757. The van der Waals surface area contributed by atoms with Gasteiger partial charge in [0.15, 0.2) is 0 Å². The van der Waals surface area contributed by atoms with E-state index < -0.39 is 11.7 Å². The van der Waals surface area contributed by atoms with Gasteiger partial charge < -0.3 is 19.5 Å². The van der Waals surface area contributed by atoms with Gasteiger partial charge in [0.1, 0.15) is 29.0 Å². The predicted molar refractivity (Wildman–Crippen MR) is 98.9 cm³/mol. The summed E-state index contributed by atoms with van der Waals surface area (Å²) >= 11 is 0. The maximum absolute atomic E-state index is 14.6. The largest absolute Gasteiger partial charge is 0.467 e. The number of aryl methyl sites for hydroxylation is 1. The average molecular weight is 377 g/mol. The molecule has 140 valence electrons. The standard InChI is InChI=1S/C21H16FN3O3/c1-12-9-17-19(21(26)25(12)11-13-5-4-8-27-13)18(15(10-23)20(24)28-17)14-6-2-3-7-16(14)22/h2-9,18H,11,24H2,1H3/t18-/m1/s1. The normalized spacial score (nSPS) is 15.7. The first-order chi connectivity index (χ1) is 13.5. The zero-order valence-electron chi connectivity index (χ0n) is 15.0. The van der Waals surface area contributed by atoms with Crippen molar-refractivity contribution >= 4 is 0 Å². The minimum Gasteiger partial charge on any atom is -0.467 e. The molecule has 0 unspecified atom stereocenters. The van der Waals surface area contributed by atoms with Gasteiger partial charge in [0, 0.05) is 17.3 Å². The highest BCUT2D eigenvalue weighted by Crippen LogP contribution is 2.41. The molecule has 1 atom stereocenters. The Kier molecular flexibility index (Phi) is 4.24. The molecule has 3 heterocycles. The van der Waals surface area contributed by atoms with Crippen LogP contribution in [0.2, 0.25) is 0 Å². The third-order valence-electron chi connectivity index (χ3n) is 4.80. The lowest BCUT2D eigenvalue weighted by Gasteiger charge is -2.27. The highest BCUT2D eigenvalue weighted by molar-refractivity contribution is 5.55. The Labute approximate surface area is 159 Å². The lowest BCUT2D eigenvalue weighted by molar-refractivity contribution is 0.386. The lowest BCUT2D eigenvalue weighted by atomic mass is 9.83. The number of furan rings is 1. The lowest BCUT2D eigenvalue weighted by Crippen LogP contribution is -2.33. The van der Waals surface area contributed by atoms with Gasteiger partial charge in [-0.2, -0.15) is 5.26 Å². The Morgan fingerprint density at radius 1 is 1.29 bits per heavy atom. The van der Waals surface area contributed by atoms with Crippen LogP contribution in [0.25, 0.3) is 0 Å². The summed E-state index contributed by atoms with van der Waals surface area (Å²) in [6.07, 6.45) is 1.52. The summed E-state index contributed by atoms with van der Waals surface area (Å²) in [5.74, 6) is -0.793. The fraction of sp³-hybridized carbons (Fsp3) is 0.143. The Hall–Kier alpha value is -3.79. The predicted octanol–water partition coefficient (Wildman–Crippen LogP) is 3.16. The molecule has 0 fully saturated rings. The van der Waals surface area contributed by atoms with E-state index in [4.69, 9.17) is 14.9 Å². The Balaban J connectivity index is 1.97. The van der Waals surface area contributed by atoms with Gasteiger partial charge in [-0.1, -0.05) is 18.2 Å². The van der Waals surface area contributed by atoms with Crippen molar-refractivity contribution in [3.8, 4) is 11.8 Å². The van der Waals surface area contributed by atoms with Gasteiger partial charge in [-0.15, -0.1) is 0 Å². The van der Waals surface area contributed by atoms with Crippen molar-refractivity contribution in [1.82, 2.24) is 4.57 Å². The summed E-state index contributed by atoms with van der Waals surface area (Å²) in [6.45, 7) is 1.96. The highest BCUT2D eigenvalue weighted by Gasteiger charge is 2.35. The molecule has 0 saturated heterocycles. The summed E-state index contributed by atoms with van der Waals surface area (Å²) in [5, 5.41) is 9.62. The first-order valence-electron chi connectivity index (χ1n) is 8.60. The van der Waals surface area contributed by atoms with Crippen LogP contribution in [-0.2, 0) is 6.54 Å². The number of aromatic nitrogens is 1. The molecule has 2 N–H and O–H groups in total. The summed E-state index contributed by atoms with van der Waals surface area (Å²) in [4.78, 5) is 13.4. The molecule has 28 heavy (non-hydrogen) atoms. The monoisotopic (exact) mass is 377 g/mol. The number of nitrogens with two attached hydrogens (primary N) is 1. The molecule has 0 bridgehead atoms. The minimum absolute atomic E-state index is 0.00287. The van der Waals surface area contributed by atoms with Crippen LogP contribution in [0.5, 0.6) is 5.75 Å². The van der Waals surface area contributed by atoms with E-state index in [-0.39, 0.29) is 40.4 Å². The summed E-state index contributed by atoms with van der Waals surface area (Å²) in [5.41, 5.74) is 6.52. The number of pyridine rings is 1. The molecule has 6 nitrogen and oxygen atoms in total. The van der Waals surface area contributed by atoms with Crippen molar-refractivity contribution in [2.75, 3.05) is 0 Å². The molecule has 4 rings (SSSR count). The van der Waals surface area contributed by atoms with E-state index in [1.165, 1.54) is 23.0 Å². The van der Waals surface area contributed by atoms with Gasteiger partial charge in [-0.05, 0) is 25.1 Å². The van der Waals surface area contributed by atoms with Crippen LogP contribution < -0.4 is 16.0 Å². The van der Waals surface area contributed by atoms with Crippen LogP contribution in [0.3, 0.4) is 0 Å². The highest BCUT2D eigenvalue weighted by atomic mass is 19.1. The zero-order valence-corrected chi connectivity index (χ0v) is 15.0. The second kappa shape index (κ2) is 6.74. The molecular weight excluding hydrogens is 361 g/mol. The van der Waals surface area contributed by atoms with Gasteiger partial charge in [0.05, 0.1) is 24.3 Å². The number of benzene rings is 1. The number of hydrogen-bond donors (Lipinski definition) is 1. The molecule has 0 aliphatic carbocycles. The first kappa shape index (κ1) is 17.6. The number of ether oxygens (including phenoxy) is 1. The van der Waals surface area contributed by atoms with Crippen LogP contribution in [0.1, 0.15) is 28.5 Å². The molecule has 7 heteroatoms. The maximum Gasteiger partial charge on any atom is 0.259 e. The van der Waals surface area contributed by atoms with Gasteiger partial charge in [0.2, 0.25) is 5.88 Å². The van der Waals surface area contributed by atoms with E-state index in [1.54, 1.807) is 37.3 Å². The third kappa shape index (κ3) is 2.76. The van der Waals surface area contributed by atoms with Crippen LogP contribution >= 0.6 is 0 Å².